The first-order valence-electron chi connectivity index (χ1n) is 7.00. The van der Waals surface area contributed by atoms with E-state index >= 15 is 0 Å². The van der Waals surface area contributed by atoms with E-state index in [1.165, 1.54) is 18.9 Å². The van der Waals surface area contributed by atoms with E-state index in [9.17, 15) is 8.78 Å². The second-order valence-corrected chi connectivity index (χ2v) is 5.22. The van der Waals surface area contributed by atoms with E-state index in [1.807, 2.05) is 6.07 Å². The molecule has 0 atom stereocenters. The Balaban J connectivity index is 1.64. The maximum atomic E-state index is 12.2. The van der Waals surface area contributed by atoms with Crippen LogP contribution in [-0.2, 0) is 6.54 Å². The number of H-pyrrole nitrogens is 1. The number of benzene rings is 1. The lowest BCUT2D eigenvalue weighted by Gasteiger charge is -2.05. The van der Waals surface area contributed by atoms with Crippen molar-refractivity contribution in [1.29, 1.82) is 0 Å². The molecule has 112 valence electrons. The molecule has 6 heteroatoms. The topological polar surface area (TPSA) is 49.9 Å². The molecule has 0 unspecified atom stereocenters. The van der Waals surface area contributed by atoms with Crippen molar-refractivity contribution in [3.05, 3.63) is 36.3 Å². The lowest BCUT2D eigenvalue weighted by atomic mass is 10.1. The number of hydrogen-bond donors (Lipinski definition) is 2. The van der Waals surface area contributed by atoms with Gasteiger partial charge >= 0.3 is 6.61 Å². The van der Waals surface area contributed by atoms with Crippen LogP contribution in [0.3, 0.4) is 0 Å². The minimum atomic E-state index is -2.82. The van der Waals surface area contributed by atoms with Gasteiger partial charge in [-0.1, -0.05) is 12.1 Å². The second kappa shape index (κ2) is 6.22. The van der Waals surface area contributed by atoms with Crippen molar-refractivity contribution in [1.82, 2.24) is 15.3 Å². The molecule has 1 aromatic carbocycles. The van der Waals surface area contributed by atoms with E-state index in [1.54, 1.807) is 18.3 Å². The molecule has 1 saturated carbocycles. The number of hydrogen-bond acceptors (Lipinski definition) is 3. The van der Waals surface area contributed by atoms with Crippen LogP contribution >= 0.6 is 0 Å². The number of ether oxygens (including phenoxy) is 1. The number of nitrogens with one attached hydrogen (secondary N) is 2. The van der Waals surface area contributed by atoms with Gasteiger partial charge in [-0.15, -0.1) is 0 Å². The van der Waals surface area contributed by atoms with E-state index in [2.05, 4.69) is 20.0 Å². The van der Waals surface area contributed by atoms with Gasteiger partial charge in [0.15, 0.2) is 0 Å². The van der Waals surface area contributed by atoms with E-state index < -0.39 is 6.61 Å². The Hall–Kier alpha value is -1.95. The van der Waals surface area contributed by atoms with Crippen molar-refractivity contribution < 1.29 is 13.5 Å². The molecule has 1 aliphatic rings. The predicted octanol–water partition coefficient (Wildman–Crippen LogP) is 3.18. The quantitative estimate of drug-likeness (QED) is 0.824. The Morgan fingerprint density at radius 2 is 2.24 bits per heavy atom. The smallest absolute Gasteiger partial charge is 0.387 e. The lowest BCUT2D eigenvalue weighted by molar-refractivity contribution is -0.0498. The fraction of sp³-hybridized carbons (Fsp3) is 0.400. The highest BCUT2D eigenvalue weighted by molar-refractivity contribution is 5.60. The van der Waals surface area contributed by atoms with Crippen molar-refractivity contribution in [2.45, 2.75) is 26.0 Å². The van der Waals surface area contributed by atoms with Crippen LogP contribution in [0.4, 0.5) is 8.78 Å². The van der Waals surface area contributed by atoms with Crippen molar-refractivity contribution >= 4 is 0 Å². The zero-order chi connectivity index (χ0) is 14.7. The van der Waals surface area contributed by atoms with Gasteiger partial charge in [-0.3, -0.25) is 0 Å². The number of aromatic amines is 1. The van der Waals surface area contributed by atoms with Gasteiger partial charge in [-0.2, -0.15) is 8.78 Å². The van der Waals surface area contributed by atoms with Crippen molar-refractivity contribution in [3.8, 4) is 17.0 Å². The third kappa shape index (κ3) is 4.01. The number of rotatable bonds is 7. The predicted molar refractivity (Wildman–Crippen MR) is 75.1 cm³/mol. The van der Waals surface area contributed by atoms with Crippen molar-refractivity contribution in [2.75, 3.05) is 6.54 Å². The SMILES string of the molecule is FC(F)Oc1cccc(-c2cnc(CNCC3CC3)[nH]2)c1. The van der Waals surface area contributed by atoms with E-state index in [0.717, 1.165) is 29.5 Å². The molecule has 0 saturated heterocycles. The van der Waals surface area contributed by atoms with Gasteiger partial charge in [0.05, 0.1) is 18.4 Å². The number of imidazole rings is 1. The zero-order valence-electron chi connectivity index (χ0n) is 11.5. The molecule has 0 radical (unpaired) electrons. The molecule has 1 aromatic heterocycles. The summed E-state index contributed by atoms with van der Waals surface area (Å²) in [5.74, 6) is 1.80. The second-order valence-electron chi connectivity index (χ2n) is 5.22. The van der Waals surface area contributed by atoms with Gasteiger partial charge in [-0.25, -0.2) is 4.98 Å². The Morgan fingerprint density at radius 3 is 3.00 bits per heavy atom. The molecule has 2 N–H and O–H groups in total. The monoisotopic (exact) mass is 293 g/mol. The molecule has 4 nitrogen and oxygen atoms in total. The first-order valence-corrected chi connectivity index (χ1v) is 7.00. The summed E-state index contributed by atoms with van der Waals surface area (Å²) in [6.45, 7) is -1.11. The molecular weight excluding hydrogens is 276 g/mol. The Bertz CT molecular complexity index is 596. The molecular formula is C15H17F2N3O. The minimum absolute atomic E-state index is 0.144. The standard InChI is InChI=1S/C15H17F2N3O/c16-15(17)21-12-3-1-2-11(6-12)13-8-19-14(20-13)9-18-7-10-4-5-10/h1-3,6,8,10,15,18H,4-5,7,9H2,(H,19,20). The summed E-state index contributed by atoms with van der Waals surface area (Å²) >= 11 is 0. The zero-order valence-corrected chi connectivity index (χ0v) is 11.5. The molecule has 0 spiro atoms. The van der Waals surface area contributed by atoms with Crippen LogP contribution < -0.4 is 10.1 Å². The van der Waals surface area contributed by atoms with Crippen LogP contribution in [0.25, 0.3) is 11.3 Å². The van der Waals surface area contributed by atoms with E-state index in [0.29, 0.717) is 6.54 Å². The average molecular weight is 293 g/mol. The maximum Gasteiger partial charge on any atom is 0.387 e. The molecule has 3 rings (SSSR count). The van der Waals surface area contributed by atoms with Crippen LogP contribution in [0, 0.1) is 5.92 Å². The molecule has 0 bridgehead atoms. The Kier molecular flexibility index (Phi) is 4.15. The average Bonchev–Trinajstić information content (AvgIpc) is 3.14. The van der Waals surface area contributed by atoms with Crippen LogP contribution in [0.5, 0.6) is 5.75 Å². The van der Waals surface area contributed by atoms with Crippen LogP contribution in [0.15, 0.2) is 30.5 Å². The Labute approximate surface area is 121 Å². The fourth-order valence-corrected chi connectivity index (χ4v) is 2.16. The van der Waals surface area contributed by atoms with Gasteiger partial charge in [0.25, 0.3) is 0 Å². The number of halogens is 2. The summed E-state index contributed by atoms with van der Waals surface area (Å²) in [6, 6.07) is 6.58. The minimum Gasteiger partial charge on any atom is -0.435 e. The fourth-order valence-electron chi connectivity index (χ4n) is 2.16. The van der Waals surface area contributed by atoms with E-state index in [4.69, 9.17) is 0 Å². The van der Waals surface area contributed by atoms with Gasteiger partial charge in [0.1, 0.15) is 11.6 Å². The number of alkyl halides is 2. The highest BCUT2D eigenvalue weighted by Gasteiger charge is 2.20. The van der Waals surface area contributed by atoms with Crippen LogP contribution in [-0.4, -0.2) is 23.1 Å². The van der Waals surface area contributed by atoms with Gasteiger partial charge < -0.3 is 15.0 Å². The third-order valence-electron chi connectivity index (χ3n) is 3.42. The van der Waals surface area contributed by atoms with E-state index in [-0.39, 0.29) is 5.75 Å². The van der Waals surface area contributed by atoms with Gasteiger partial charge in [0.2, 0.25) is 0 Å². The lowest BCUT2D eigenvalue weighted by Crippen LogP contribution is -2.16. The molecule has 21 heavy (non-hydrogen) atoms. The van der Waals surface area contributed by atoms with Gasteiger partial charge in [0, 0.05) is 5.56 Å². The normalized spacial score (nSPS) is 14.6. The molecule has 1 heterocycles. The molecule has 1 aliphatic carbocycles. The summed E-state index contributed by atoms with van der Waals surface area (Å²) < 4.78 is 28.8. The summed E-state index contributed by atoms with van der Waals surface area (Å²) in [5.41, 5.74) is 1.56. The summed E-state index contributed by atoms with van der Waals surface area (Å²) in [5, 5.41) is 3.35. The summed E-state index contributed by atoms with van der Waals surface area (Å²) in [7, 11) is 0. The first-order chi connectivity index (χ1) is 10.2. The molecule has 1 fully saturated rings. The highest BCUT2D eigenvalue weighted by atomic mass is 19.3. The van der Waals surface area contributed by atoms with Gasteiger partial charge in [-0.05, 0) is 37.4 Å². The highest BCUT2D eigenvalue weighted by Crippen LogP contribution is 2.27. The molecule has 0 aliphatic heterocycles. The molecule has 2 aromatic rings. The largest absolute Gasteiger partial charge is 0.435 e. The van der Waals surface area contributed by atoms with Crippen LogP contribution in [0.1, 0.15) is 18.7 Å². The van der Waals surface area contributed by atoms with Crippen LogP contribution in [0.2, 0.25) is 0 Å². The number of aromatic nitrogens is 2. The Morgan fingerprint density at radius 1 is 1.38 bits per heavy atom. The summed E-state index contributed by atoms with van der Waals surface area (Å²) in [6.07, 6.45) is 4.33. The molecule has 0 amide bonds. The first kappa shape index (κ1) is 14.0. The maximum absolute atomic E-state index is 12.2. The third-order valence-corrected chi connectivity index (χ3v) is 3.42. The summed E-state index contributed by atoms with van der Waals surface area (Å²) in [4.78, 5) is 7.48. The van der Waals surface area contributed by atoms with Crippen molar-refractivity contribution in [2.24, 2.45) is 5.92 Å². The number of nitrogens with zero attached hydrogens (tertiary/aromatic N) is 1. The van der Waals surface area contributed by atoms with Crippen molar-refractivity contribution in [3.63, 3.8) is 0 Å².